The van der Waals surface area contributed by atoms with Crippen molar-refractivity contribution < 1.29 is 8.78 Å². The van der Waals surface area contributed by atoms with Crippen LogP contribution in [-0.2, 0) is 0 Å². The molecule has 5 heteroatoms. The maximum atomic E-state index is 13.2. The third-order valence-electron chi connectivity index (χ3n) is 2.77. The van der Waals surface area contributed by atoms with E-state index in [2.05, 4.69) is 10.4 Å². The Hall–Kier alpha value is -1.85. The summed E-state index contributed by atoms with van der Waals surface area (Å²) in [5.41, 5.74) is 4.70. The highest BCUT2D eigenvalue weighted by Gasteiger charge is 2.15. The van der Waals surface area contributed by atoms with Crippen LogP contribution in [0.5, 0.6) is 0 Å². The van der Waals surface area contributed by atoms with Gasteiger partial charge in [-0.15, -0.1) is 0 Å². The van der Waals surface area contributed by atoms with E-state index in [1.807, 2.05) is 0 Å². The molecule has 0 amide bonds. The van der Waals surface area contributed by atoms with Crippen molar-refractivity contribution in [3.63, 3.8) is 0 Å². The van der Waals surface area contributed by atoms with E-state index in [1.165, 1.54) is 24.4 Å². The van der Waals surface area contributed by atoms with E-state index in [0.717, 1.165) is 17.3 Å². The molecule has 0 saturated heterocycles. The van der Waals surface area contributed by atoms with Crippen molar-refractivity contribution in [1.82, 2.24) is 10.4 Å². The number of benzene rings is 1. The summed E-state index contributed by atoms with van der Waals surface area (Å²) in [6.07, 6.45) is 2.64. The van der Waals surface area contributed by atoms with Gasteiger partial charge in [0.05, 0.1) is 12.2 Å². The standard InChI is InChI=1S/C13H13F2N3/c1-8-4-10(14)2-3-12(8)13(18-16)9-5-11(15)7-17-6-9/h2-7,13,18H,16H2,1H3. The van der Waals surface area contributed by atoms with E-state index in [1.54, 1.807) is 13.0 Å². The minimum atomic E-state index is -0.437. The number of hydrogen-bond acceptors (Lipinski definition) is 3. The predicted octanol–water partition coefficient (Wildman–Crippen LogP) is 2.22. The zero-order valence-electron chi connectivity index (χ0n) is 9.82. The number of nitrogens with zero attached hydrogens (tertiary/aromatic N) is 1. The predicted molar refractivity (Wildman–Crippen MR) is 64.5 cm³/mol. The first-order chi connectivity index (χ1) is 8.61. The molecular formula is C13H13F2N3. The second-order valence-electron chi connectivity index (χ2n) is 4.04. The lowest BCUT2D eigenvalue weighted by Crippen LogP contribution is -2.29. The van der Waals surface area contributed by atoms with Gasteiger partial charge in [0, 0.05) is 6.20 Å². The molecule has 0 radical (unpaired) electrons. The van der Waals surface area contributed by atoms with Gasteiger partial charge in [0.25, 0.3) is 0 Å². The summed E-state index contributed by atoms with van der Waals surface area (Å²) in [6, 6.07) is 5.31. The maximum Gasteiger partial charge on any atom is 0.141 e. The average molecular weight is 249 g/mol. The van der Waals surface area contributed by atoms with Gasteiger partial charge in [0.1, 0.15) is 11.6 Å². The molecule has 3 N–H and O–H groups in total. The Labute approximate surface area is 104 Å². The highest BCUT2D eigenvalue weighted by Crippen LogP contribution is 2.24. The van der Waals surface area contributed by atoms with Gasteiger partial charge in [-0.2, -0.15) is 0 Å². The van der Waals surface area contributed by atoms with Crippen LogP contribution in [0.25, 0.3) is 0 Å². The molecule has 2 rings (SSSR count). The van der Waals surface area contributed by atoms with E-state index in [9.17, 15) is 8.78 Å². The van der Waals surface area contributed by atoms with Crippen molar-refractivity contribution in [3.8, 4) is 0 Å². The van der Waals surface area contributed by atoms with Crippen LogP contribution in [0.2, 0.25) is 0 Å². The van der Waals surface area contributed by atoms with Crippen molar-refractivity contribution in [2.45, 2.75) is 13.0 Å². The van der Waals surface area contributed by atoms with Gasteiger partial charge in [0.2, 0.25) is 0 Å². The molecule has 2 aromatic rings. The molecule has 1 aromatic carbocycles. The third kappa shape index (κ3) is 2.52. The number of rotatable bonds is 3. The zero-order chi connectivity index (χ0) is 13.1. The van der Waals surface area contributed by atoms with Crippen molar-refractivity contribution in [3.05, 3.63) is 65.0 Å². The van der Waals surface area contributed by atoms with Crippen LogP contribution in [0.1, 0.15) is 22.7 Å². The van der Waals surface area contributed by atoms with Gasteiger partial charge in [0.15, 0.2) is 0 Å². The Morgan fingerprint density at radius 3 is 2.56 bits per heavy atom. The number of nitrogens with two attached hydrogens (primary N) is 1. The number of pyridine rings is 1. The Morgan fingerprint density at radius 2 is 1.94 bits per heavy atom. The van der Waals surface area contributed by atoms with Gasteiger partial charge in [-0.1, -0.05) is 6.07 Å². The second kappa shape index (κ2) is 5.20. The van der Waals surface area contributed by atoms with E-state index in [-0.39, 0.29) is 5.82 Å². The molecular weight excluding hydrogens is 236 g/mol. The quantitative estimate of drug-likeness (QED) is 0.647. The summed E-state index contributed by atoms with van der Waals surface area (Å²) in [7, 11) is 0. The molecule has 1 heterocycles. The Balaban J connectivity index is 2.45. The van der Waals surface area contributed by atoms with E-state index < -0.39 is 11.9 Å². The topological polar surface area (TPSA) is 50.9 Å². The number of hydrogen-bond donors (Lipinski definition) is 2. The van der Waals surface area contributed by atoms with E-state index >= 15 is 0 Å². The molecule has 0 aliphatic carbocycles. The minimum Gasteiger partial charge on any atom is -0.271 e. The van der Waals surface area contributed by atoms with Crippen molar-refractivity contribution in [1.29, 1.82) is 0 Å². The van der Waals surface area contributed by atoms with Crippen molar-refractivity contribution >= 4 is 0 Å². The first-order valence-electron chi connectivity index (χ1n) is 5.44. The second-order valence-corrected chi connectivity index (χ2v) is 4.04. The fraction of sp³-hybridized carbons (Fsp3) is 0.154. The zero-order valence-corrected chi connectivity index (χ0v) is 9.82. The van der Waals surface area contributed by atoms with Crippen molar-refractivity contribution in [2.24, 2.45) is 5.84 Å². The fourth-order valence-corrected chi connectivity index (χ4v) is 1.91. The monoisotopic (exact) mass is 249 g/mol. The van der Waals surface area contributed by atoms with Crippen LogP contribution < -0.4 is 11.3 Å². The summed E-state index contributed by atoms with van der Waals surface area (Å²) in [5, 5.41) is 0. The Morgan fingerprint density at radius 1 is 1.17 bits per heavy atom. The smallest absolute Gasteiger partial charge is 0.141 e. The normalized spacial score (nSPS) is 12.4. The number of hydrazine groups is 1. The van der Waals surface area contributed by atoms with Gasteiger partial charge in [-0.25, -0.2) is 14.2 Å². The summed E-state index contributed by atoms with van der Waals surface area (Å²) >= 11 is 0. The van der Waals surface area contributed by atoms with E-state index in [0.29, 0.717) is 5.56 Å². The molecule has 1 unspecified atom stereocenters. The summed E-state index contributed by atoms with van der Waals surface area (Å²) in [5.74, 6) is 4.75. The lowest BCUT2D eigenvalue weighted by atomic mass is 9.96. The van der Waals surface area contributed by atoms with Crippen LogP contribution in [0, 0.1) is 18.6 Å². The molecule has 0 bridgehead atoms. The lowest BCUT2D eigenvalue weighted by molar-refractivity contribution is 0.592. The Bertz CT molecular complexity index is 558. The first kappa shape index (κ1) is 12.6. The van der Waals surface area contributed by atoms with Crippen LogP contribution in [0.3, 0.4) is 0 Å². The molecule has 1 aromatic heterocycles. The highest BCUT2D eigenvalue weighted by molar-refractivity contribution is 5.36. The van der Waals surface area contributed by atoms with Gasteiger partial charge < -0.3 is 0 Å². The summed E-state index contributed by atoms with van der Waals surface area (Å²) < 4.78 is 26.2. The molecule has 0 fully saturated rings. The fourth-order valence-electron chi connectivity index (χ4n) is 1.91. The summed E-state index contributed by atoms with van der Waals surface area (Å²) in [4.78, 5) is 3.78. The number of nitrogens with one attached hydrogen (secondary N) is 1. The molecule has 0 aliphatic rings. The van der Waals surface area contributed by atoms with Gasteiger partial charge in [-0.05, 0) is 41.8 Å². The maximum absolute atomic E-state index is 13.2. The van der Waals surface area contributed by atoms with Crippen molar-refractivity contribution in [2.75, 3.05) is 0 Å². The van der Waals surface area contributed by atoms with Crippen LogP contribution in [0.15, 0.2) is 36.7 Å². The van der Waals surface area contributed by atoms with Crippen LogP contribution >= 0.6 is 0 Å². The molecule has 0 spiro atoms. The molecule has 94 valence electrons. The van der Waals surface area contributed by atoms with Gasteiger partial charge in [-0.3, -0.25) is 10.8 Å². The molecule has 1 atom stereocenters. The highest BCUT2D eigenvalue weighted by atomic mass is 19.1. The van der Waals surface area contributed by atoms with E-state index in [4.69, 9.17) is 5.84 Å². The lowest BCUT2D eigenvalue weighted by Gasteiger charge is -2.18. The first-order valence-corrected chi connectivity index (χ1v) is 5.44. The molecule has 3 nitrogen and oxygen atoms in total. The largest absolute Gasteiger partial charge is 0.271 e. The Kier molecular flexibility index (Phi) is 3.64. The van der Waals surface area contributed by atoms with Gasteiger partial charge >= 0.3 is 0 Å². The number of halogens is 2. The molecule has 18 heavy (non-hydrogen) atoms. The molecule has 0 saturated carbocycles. The third-order valence-corrected chi connectivity index (χ3v) is 2.77. The summed E-state index contributed by atoms with van der Waals surface area (Å²) in [6.45, 7) is 1.77. The number of aryl methyl sites for hydroxylation is 1. The van der Waals surface area contributed by atoms with Crippen LogP contribution in [0.4, 0.5) is 8.78 Å². The number of aromatic nitrogens is 1. The van der Waals surface area contributed by atoms with Crippen LogP contribution in [-0.4, -0.2) is 4.98 Å². The molecule has 0 aliphatic heterocycles. The minimum absolute atomic E-state index is 0.315. The SMILES string of the molecule is Cc1cc(F)ccc1C(NN)c1cncc(F)c1. The average Bonchev–Trinajstić information content (AvgIpc) is 2.33.